The summed E-state index contributed by atoms with van der Waals surface area (Å²) in [4.78, 5) is 20.8. The Balaban J connectivity index is 1.47. The highest BCUT2D eigenvalue weighted by molar-refractivity contribution is 5.95. The standard InChI is InChI=1S/C19H27N3O4/c23-18-12-26-19(14-22(18)17-2-1-5-20-10-17)13-21(6-9-25-15-19)11-16-3-7-24-8-4-16/h1-2,5,10,16H,3-4,6-9,11-15H2/t19-/m1/s1. The zero-order chi connectivity index (χ0) is 17.8. The van der Waals surface area contributed by atoms with Crippen molar-refractivity contribution in [2.75, 3.05) is 64.1 Å². The molecule has 4 heterocycles. The van der Waals surface area contributed by atoms with Gasteiger partial charge in [0, 0.05) is 39.0 Å². The van der Waals surface area contributed by atoms with E-state index in [1.54, 1.807) is 17.3 Å². The van der Waals surface area contributed by atoms with Crippen molar-refractivity contribution < 1.29 is 19.0 Å². The maximum Gasteiger partial charge on any atom is 0.253 e. The molecule has 1 atom stereocenters. The van der Waals surface area contributed by atoms with Gasteiger partial charge >= 0.3 is 0 Å². The Morgan fingerprint density at radius 1 is 1.19 bits per heavy atom. The lowest BCUT2D eigenvalue weighted by Crippen LogP contribution is -2.61. The second-order valence-electron chi connectivity index (χ2n) is 7.51. The summed E-state index contributed by atoms with van der Waals surface area (Å²) in [5.41, 5.74) is 0.339. The van der Waals surface area contributed by atoms with Crippen LogP contribution in [0.25, 0.3) is 0 Å². The van der Waals surface area contributed by atoms with Crippen LogP contribution in [-0.2, 0) is 19.0 Å². The van der Waals surface area contributed by atoms with Gasteiger partial charge in [0.05, 0.1) is 31.6 Å². The SMILES string of the molecule is O=C1CO[C@@]2(COCCN(CC3CCOCC3)C2)CN1c1cccnc1. The fourth-order valence-corrected chi connectivity index (χ4v) is 4.08. The summed E-state index contributed by atoms with van der Waals surface area (Å²) in [6, 6.07) is 3.77. The highest BCUT2D eigenvalue weighted by Gasteiger charge is 2.43. The molecule has 3 saturated heterocycles. The third-order valence-electron chi connectivity index (χ3n) is 5.49. The van der Waals surface area contributed by atoms with E-state index in [2.05, 4.69) is 9.88 Å². The first-order valence-corrected chi connectivity index (χ1v) is 9.46. The number of carbonyl (C=O) groups is 1. The van der Waals surface area contributed by atoms with E-state index < -0.39 is 5.60 Å². The molecular weight excluding hydrogens is 334 g/mol. The minimum Gasteiger partial charge on any atom is -0.381 e. The van der Waals surface area contributed by atoms with Crippen LogP contribution in [0.1, 0.15) is 12.8 Å². The summed E-state index contributed by atoms with van der Waals surface area (Å²) in [6.07, 6.45) is 5.68. The Kier molecular flexibility index (Phi) is 5.49. The molecule has 3 aliphatic rings. The molecule has 1 aromatic heterocycles. The molecule has 26 heavy (non-hydrogen) atoms. The van der Waals surface area contributed by atoms with E-state index in [1.165, 1.54) is 0 Å². The molecule has 142 valence electrons. The van der Waals surface area contributed by atoms with E-state index in [9.17, 15) is 4.79 Å². The molecule has 1 amide bonds. The summed E-state index contributed by atoms with van der Waals surface area (Å²) < 4.78 is 17.4. The predicted octanol–water partition coefficient (Wildman–Crippen LogP) is 0.942. The molecule has 0 N–H and O–H groups in total. The van der Waals surface area contributed by atoms with Crippen LogP contribution in [0.15, 0.2) is 24.5 Å². The number of rotatable bonds is 3. The molecule has 0 unspecified atom stereocenters. The molecule has 0 radical (unpaired) electrons. The maximum atomic E-state index is 12.4. The largest absolute Gasteiger partial charge is 0.381 e. The highest BCUT2D eigenvalue weighted by atomic mass is 16.6. The third-order valence-corrected chi connectivity index (χ3v) is 5.49. The van der Waals surface area contributed by atoms with Crippen molar-refractivity contribution in [3.63, 3.8) is 0 Å². The van der Waals surface area contributed by atoms with Gasteiger partial charge in [0.25, 0.3) is 5.91 Å². The summed E-state index contributed by atoms with van der Waals surface area (Å²) in [7, 11) is 0. The first-order valence-electron chi connectivity index (χ1n) is 9.46. The van der Waals surface area contributed by atoms with Crippen LogP contribution in [-0.4, -0.2) is 80.6 Å². The first kappa shape index (κ1) is 17.9. The molecule has 1 spiro atoms. The summed E-state index contributed by atoms with van der Waals surface area (Å²) in [5.74, 6) is 0.641. The van der Waals surface area contributed by atoms with Crippen molar-refractivity contribution in [1.82, 2.24) is 9.88 Å². The van der Waals surface area contributed by atoms with E-state index in [1.807, 2.05) is 12.1 Å². The number of nitrogens with zero attached hydrogens (tertiary/aromatic N) is 3. The molecule has 4 rings (SSSR count). The number of hydrogen-bond acceptors (Lipinski definition) is 6. The van der Waals surface area contributed by atoms with Crippen molar-refractivity contribution in [1.29, 1.82) is 0 Å². The number of carbonyl (C=O) groups excluding carboxylic acids is 1. The van der Waals surface area contributed by atoms with Gasteiger partial charge in [-0.25, -0.2) is 0 Å². The average molecular weight is 361 g/mol. The van der Waals surface area contributed by atoms with Gasteiger partial charge in [-0.3, -0.25) is 14.7 Å². The topological polar surface area (TPSA) is 64.1 Å². The smallest absolute Gasteiger partial charge is 0.253 e. The highest BCUT2D eigenvalue weighted by Crippen LogP contribution is 2.28. The maximum absolute atomic E-state index is 12.4. The fraction of sp³-hybridized carbons (Fsp3) is 0.684. The lowest BCUT2D eigenvalue weighted by molar-refractivity contribution is -0.146. The van der Waals surface area contributed by atoms with Gasteiger partial charge in [-0.05, 0) is 30.9 Å². The lowest BCUT2D eigenvalue weighted by Gasteiger charge is -2.43. The van der Waals surface area contributed by atoms with Crippen molar-refractivity contribution in [2.45, 2.75) is 18.4 Å². The quantitative estimate of drug-likeness (QED) is 0.799. The van der Waals surface area contributed by atoms with Crippen LogP contribution in [0.4, 0.5) is 5.69 Å². The Morgan fingerprint density at radius 3 is 2.88 bits per heavy atom. The van der Waals surface area contributed by atoms with E-state index in [0.29, 0.717) is 25.7 Å². The van der Waals surface area contributed by atoms with Crippen LogP contribution < -0.4 is 4.90 Å². The summed E-state index contributed by atoms with van der Waals surface area (Å²) in [5, 5.41) is 0. The van der Waals surface area contributed by atoms with Crippen molar-refractivity contribution in [2.24, 2.45) is 5.92 Å². The molecule has 0 saturated carbocycles. The van der Waals surface area contributed by atoms with Gasteiger partial charge in [0.15, 0.2) is 0 Å². The first-order chi connectivity index (χ1) is 12.7. The van der Waals surface area contributed by atoms with Crippen LogP contribution in [0.3, 0.4) is 0 Å². The van der Waals surface area contributed by atoms with Gasteiger partial charge in [0.1, 0.15) is 12.2 Å². The van der Waals surface area contributed by atoms with E-state index in [-0.39, 0.29) is 12.5 Å². The minimum absolute atomic E-state index is 0.0242. The summed E-state index contributed by atoms with van der Waals surface area (Å²) >= 11 is 0. The molecule has 7 nitrogen and oxygen atoms in total. The van der Waals surface area contributed by atoms with E-state index >= 15 is 0 Å². The second kappa shape index (κ2) is 8.00. The number of aromatic nitrogens is 1. The van der Waals surface area contributed by atoms with Crippen LogP contribution in [0.5, 0.6) is 0 Å². The molecule has 3 fully saturated rings. The summed E-state index contributed by atoms with van der Waals surface area (Å²) in [6.45, 7) is 6.26. The Labute approximate surface area is 154 Å². The third kappa shape index (κ3) is 4.06. The van der Waals surface area contributed by atoms with Gasteiger partial charge in [-0.15, -0.1) is 0 Å². The molecule has 3 aliphatic heterocycles. The van der Waals surface area contributed by atoms with Crippen molar-refractivity contribution >= 4 is 11.6 Å². The lowest BCUT2D eigenvalue weighted by atomic mass is 9.97. The number of morpholine rings is 1. The molecule has 7 heteroatoms. The van der Waals surface area contributed by atoms with Gasteiger partial charge in [-0.2, -0.15) is 0 Å². The molecule has 0 aliphatic carbocycles. The minimum atomic E-state index is -0.481. The molecule has 0 aromatic carbocycles. The normalized spacial score (nSPS) is 29.1. The van der Waals surface area contributed by atoms with E-state index in [4.69, 9.17) is 14.2 Å². The monoisotopic (exact) mass is 361 g/mol. The Hall–Kier alpha value is -1.54. The van der Waals surface area contributed by atoms with Crippen molar-refractivity contribution in [3.8, 4) is 0 Å². The second-order valence-corrected chi connectivity index (χ2v) is 7.51. The number of pyridine rings is 1. The zero-order valence-corrected chi connectivity index (χ0v) is 15.1. The number of hydrogen-bond donors (Lipinski definition) is 0. The average Bonchev–Trinajstić information content (AvgIpc) is 2.88. The fourth-order valence-electron chi connectivity index (χ4n) is 4.08. The number of amides is 1. The zero-order valence-electron chi connectivity index (χ0n) is 15.1. The van der Waals surface area contributed by atoms with Gasteiger partial charge < -0.3 is 19.1 Å². The number of ether oxygens (including phenoxy) is 3. The van der Waals surface area contributed by atoms with Crippen LogP contribution >= 0.6 is 0 Å². The van der Waals surface area contributed by atoms with Crippen LogP contribution in [0.2, 0.25) is 0 Å². The Morgan fingerprint density at radius 2 is 2.08 bits per heavy atom. The molecular formula is C19H27N3O4. The Bertz CT molecular complexity index is 608. The van der Waals surface area contributed by atoms with Gasteiger partial charge in [-0.1, -0.05) is 0 Å². The molecule has 0 bridgehead atoms. The van der Waals surface area contributed by atoms with Crippen molar-refractivity contribution in [3.05, 3.63) is 24.5 Å². The van der Waals surface area contributed by atoms with Crippen LogP contribution in [0, 0.1) is 5.92 Å². The number of anilines is 1. The van der Waals surface area contributed by atoms with E-state index in [0.717, 1.165) is 51.4 Å². The van der Waals surface area contributed by atoms with Gasteiger partial charge in [0.2, 0.25) is 0 Å². The predicted molar refractivity (Wildman–Crippen MR) is 96.1 cm³/mol. The molecule has 1 aromatic rings.